The number of hydrogen-bond acceptors (Lipinski definition) is 5. The number of imidazole rings is 1. The topological polar surface area (TPSA) is 89.5 Å². The molecule has 0 radical (unpaired) electrons. The summed E-state index contributed by atoms with van der Waals surface area (Å²) in [4.78, 5) is 27.5. The van der Waals surface area contributed by atoms with E-state index in [1.165, 1.54) is 29.5 Å². The highest BCUT2D eigenvalue weighted by atomic mass is 32.1. The van der Waals surface area contributed by atoms with Crippen LogP contribution in [0.15, 0.2) is 35.8 Å². The third-order valence-electron chi connectivity index (χ3n) is 3.09. The van der Waals surface area contributed by atoms with Gasteiger partial charge in [-0.05, 0) is 13.0 Å². The number of hydrogen-bond donors (Lipinski definition) is 1. The Balaban J connectivity index is 1.75. The molecular weight excluding hydrogens is 304 g/mol. The van der Waals surface area contributed by atoms with E-state index in [1.807, 2.05) is 22.9 Å². The van der Waals surface area contributed by atoms with Crippen molar-refractivity contribution in [3.63, 3.8) is 0 Å². The molecule has 2 heterocycles. The average molecular weight is 316 g/mol. The third-order valence-corrected chi connectivity index (χ3v) is 3.97. The number of anilines is 1. The first-order valence-corrected chi connectivity index (χ1v) is 7.37. The van der Waals surface area contributed by atoms with E-state index in [-0.39, 0.29) is 18.0 Å². The van der Waals surface area contributed by atoms with Gasteiger partial charge in [0.15, 0.2) is 4.96 Å². The minimum Gasteiger partial charge on any atom is -0.326 e. The van der Waals surface area contributed by atoms with Crippen molar-refractivity contribution >= 4 is 33.6 Å². The number of benzene rings is 1. The minimum absolute atomic E-state index is 0.0547. The zero-order valence-electron chi connectivity index (χ0n) is 11.6. The van der Waals surface area contributed by atoms with Crippen molar-refractivity contribution in [2.75, 3.05) is 5.32 Å². The number of nitrogens with one attached hydrogen (secondary N) is 1. The average Bonchev–Trinajstić information content (AvgIpc) is 2.99. The molecule has 3 rings (SSSR count). The number of aryl methyl sites for hydroxylation is 1. The number of non-ortho nitro benzene ring substituents is 1. The molecule has 0 bridgehead atoms. The Kier molecular flexibility index (Phi) is 3.60. The van der Waals surface area contributed by atoms with Gasteiger partial charge in [0.25, 0.3) is 5.69 Å². The lowest BCUT2D eigenvalue weighted by Gasteiger charge is -2.04. The normalized spacial score (nSPS) is 10.8. The van der Waals surface area contributed by atoms with Gasteiger partial charge in [-0.25, -0.2) is 4.98 Å². The van der Waals surface area contributed by atoms with Crippen molar-refractivity contribution in [1.29, 1.82) is 0 Å². The van der Waals surface area contributed by atoms with Crippen LogP contribution in [-0.4, -0.2) is 20.2 Å². The summed E-state index contributed by atoms with van der Waals surface area (Å²) in [7, 11) is 0. The molecule has 0 atom stereocenters. The lowest BCUT2D eigenvalue weighted by molar-refractivity contribution is -0.384. The van der Waals surface area contributed by atoms with Gasteiger partial charge in [-0.3, -0.25) is 19.3 Å². The van der Waals surface area contributed by atoms with Crippen molar-refractivity contribution in [2.24, 2.45) is 0 Å². The van der Waals surface area contributed by atoms with Gasteiger partial charge >= 0.3 is 0 Å². The van der Waals surface area contributed by atoms with Crippen LogP contribution < -0.4 is 5.32 Å². The van der Waals surface area contributed by atoms with Gasteiger partial charge in [-0.15, -0.1) is 11.3 Å². The van der Waals surface area contributed by atoms with Gasteiger partial charge in [-0.1, -0.05) is 6.07 Å². The second-order valence-corrected chi connectivity index (χ2v) is 5.63. The highest BCUT2D eigenvalue weighted by Crippen LogP contribution is 2.19. The predicted molar refractivity (Wildman–Crippen MR) is 83.2 cm³/mol. The first-order chi connectivity index (χ1) is 10.5. The molecule has 112 valence electrons. The van der Waals surface area contributed by atoms with Gasteiger partial charge in [0.05, 0.1) is 17.0 Å². The third kappa shape index (κ3) is 2.82. The maximum atomic E-state index is 12.1. The number of carbonyl (C=O) groups is 1. The van der Waals surface area contributed by atoms with Crippen LogP contribution in [0.2, 0.25) is 0 Å². The summed E-state index contributed by atoms with van der Waals surface area (Å²) < 4.78 is 1.88. The summed E-state index contributed by atoms with van der Waals surface area (Å²) in [5.74, 6) is -0.230. The fraction of sp³-hybridized carbons (Fsp3) is 0.143. The van der Waals surface area contributed by atoms with Crippen molar-refractivity contribution in [2.45, 2.75) is 13.3 Å². The van der Waals surface area contributed by atoms with Crippen LogP contribution in [0.1, 0.15) is 11.4 Å². The number of carbonyl (C=O) groups excluding carboxylic acids is 1. The Morgan fingerprint density at radius 1 is 1.50 bits per heavy atom. The Bertz CT molecular complexity index is 868. The van der Waals surface area contributed by atoms with Crippen molar-refractivity contribution in [3.05, 3.63) is 57.3 Å². The summed E-state index contributed by atoms with van der Waals surface area (Å²) in [6.45, 7) is 1.90. The van der Waals surface area contributed by atoms with E-state index in [9.17, 15) is 14.9 Å². The molecule has 8 heteroatoms. The molecule has 1 N–H and O–H groups in total. The summed E-state index contributed by atoms with van der Waals surface area (Å²) in [6, 6.07) is 5.88. The molecule has 0 aliphatic carbocycles. The number of nitro benzene ring substituents is 1. The molecule has 0 aliphatic heterocycles. The first-order valence-electron chi connectivity index (χ1n) is 6.49. The molecule has 0 unspecified atom stereocenters. The second kappa shape index (κ2) is 5.57. The zero-order valence-corrected chi connectivity index (χ0v) is 12.5. The maximum Gasteiger partial charge on any atom is 0.271 e. The SMILES string of the molecule is Cc1cn2c(CC(=O)Nc3cccc([N+](=O)[O-])c3)csc2n1. The van der Waals surface area contributed by atoms with Gasteiger partial charge in [0.1, 0.15) is 0 Å². The van der Waals surface area contributed by atoms with Crippen LogP contribution in [0.3, 0.4) is 0 Å². The van der Waals surface area contributed by atoms with E-state index in [0.717, 1.165) is 16.3 Å². The van der Waals surface area contributed by atoms with Crippen LogP contribution >= 0.6 is 11.3 Å². The van der Waals surface area contributed by atoms with Crippen LogP contribution in [0.25, 0.3) is 4.96 Å². The van der Waals surface area contributed by atoms with E-state index in [4.69, 9.17) is 0 Å². The largest absolute Gasteiger partial charge is 0.326 e. The smallest absolute Gasteiger partial charge is 0.271 e. The fourth-order valence-electron chi connectivity index (χ4n) is 2.14. The molecule has 0 saturated heterocycles. The Morgan fingerprint density at radius 2 is 2.32 bits per heavy atom. The first kappa shape index (κ1) is 14.2. The molecule has 3 aromatic rings. The Morgan fingerprint density at radius 3 is 3.09 bits per heavy atom. The summed E-state index contributed by atoms with van der Waals surface area (Å²) in [5, 5.41) is 15.3. The molecule has 1 amide bonds. The Hall–Kier alpha value is -2.74. The number of aromatic nitrogens is 2. The number of rotatable bonds is 4. The quantitative estimate of drug-likeness (QED) is 0.592. The van der Waals surface area contributed by atoms with Crippen molar-refractivity contribution < 1.29 is 9.72 Å². The second-order valence-electron chi connectivity index (χ2n) is 4.79. The van der Waals surface area contributed by atoms with E-state index in [1.54, 1.807) is 6.07 Å². The van der Waals surface area contributed by atoms with Crippen LogP contribution in [0.4, 0.5) is 11.4 Å². The Labute approximate surface area is 129 Å². The van der Waals surface area contributed by atoms with Gasteiger partial charge < -0.3 is 5.32 Å². The molecule has 0 saturated carbocycles. The van der Waals surface area contributed by atoms with E-state index in [2.05, 4.69) is 10.3 Å². The summed E-state index contributed by atoms with van der Waals surface area (Å²) >= 11 is 1.47. The van der Waals surface area contributed by atoms with E-state index >= 15 is 0 Å². The molecule has 7 nitrogen and oxygen atoms in total. The molecule has 1 aromatic carbocycles. The molecule has 22 heavy (non-hydrogen) atoms. The molecule has 0 spiro atoms. The van der Waals surface area contributed by atoms with Crippen molar-refractivity contribution in [3.8, 4) is 0 Å². The van der Waals surface area contributed by atoms with E-state index in [0.29, 0.717) is 5.69 Å². The highest BCUT2D eigenvalue weighted by Gasteiger charge is 2.12. The van der Waals surface area contributed by atoms with Gasteiger partial charge in [0, 0.05) is 35.1 Å². The fourth-order valence-corrected chi connectivity index (χ4v) is 3.05. The number of nitrogens with zero attached hydrogens (tertiary/aromatic N) is 3. The molecule has 0 fully saturated rings. The minimum atomic E-state index is -0.494. The highest BCUT2D eigenvalue weighted by molar-refractivity contribution is 7.15. The number of thiazole rings is 1. The van der Waals surface area contributed by atoms with Crippen molar-refractivity contribution in [1.82, 2.24) is 9.38 Å². The van der Waals surface area contributed by atoms with Crippen LogP contribution in [-0.2, 0) is 11.2 Å². The monoisotopic (exact) mass is 316 g/mol. The molecule has 2 aromatic heterocycles. The standard InChI is InChI=1S/C14H12N4O3S/c1-9-7-17-12(8-22-14(17)15-9)6-13(19)16-10-3-2-4-11(5-10)18(20)21/h2-5,7-8H,6H2,1H3,(H,16,19). The number of fused-ring (bicyclic) bond motifs is 1. The van der Waals surface area contributed by atoms with Crippen LogP contribution in [0.5, 0.6) is 0 Å². The summed E-state index contributed by atoms with van der Waals surface area (Å²) in [5.41, 5.74) is 2.09. The lowest BCUT2D eigenvalue weighted by Crippen LogP contribution is -2.15. The predicted octanol–water partition coefficient (Wildman–Crippen LogP) is 2.79. The molecular formula is C14H12N4O3S. The number of amides is 1. The zero-order chi connectivity index (χ0) is 15.7. The van der Waals surface area contributed by atoms with Gasteiger partial charge in [-0.2, -0.15) is 0 Å². The summed E-state index contributed by atoms with van der Waals surface area (Å²) in [6.07, 6.45) is 2.06. The maximum absolute atomic E-state index is 12.1. The number of nitro groups is 1. The molecule has 0 aliphatic rings. The van der Waals surface area contributed by atoms with Crippen LogP contribution in [0, 0.1) is 17.0 Å². The lowest BCUT2D eigenvalue weighted by atomic mass is 10.2. The van der Waals surface area contributed by atoms with Gasteiger partial charge in [0.2, 0.25) is 5.91 Å². The van der Waals surface area contributed by atoms with E-state index < -0.39 is 4.92 Å².